The van der Waals surface area contributed by atoms with Crippen molar-refractivity contribution in [1.29, 1.82) is 0 Å². The Balaban J connectivity index is 1.92. The van der Waals surface area contributed by atoms with Gasteiger partial charge in [0, 0.05) is 30.4 Å². The SMILES string of the molecule is CCc1ccc(C(=O)Nc2cc(F)cc(F)c2)cc1S(=O)(=O)N1CCOCC1. The summed E-state index contributed by atoms with van der Waals surface area (Å²) in [6.07, 6.45) is 0.468. The minimum absolute atomic E-state index is 0.0509. The molecular weight excluding hydrogens is 390 g/mol. The van der Waals surface area contributed by atoms with E-state index in [9.17, 15) is 22.0 Å². The number of nitrogens with one attached hydrogen (secondary N) is 1. The molecule has 150 valence electrons. The number of carbonyl (C=O) groups is 1. The predicted molar refractivity (Wildman–Crippen MR) is 99.7 cm³/mol. The van der Waals surface area contributed by atoms with Gasteiger partial charge in [-0.3, -0.25) is 4.79 Å². The maximum Gasteiger partial charge on any atom is 0.255 e. The van der Waals surface area contributed by atoms with E-state index in [2.05, 4.69) is 5.32 Å². The Morgan fingerprint density at radius 1 is 1.11 bits per heavy atom. The molecule has 0 saturated carbocycles. The summed E-state index contributed by atoms with van der Waals surface area (Å²) in [7, 11) is -3.79. The average molecular weight is 410 g/mol. The number of hydrogen-bond acceptors (Lipinski definition) is 4. The molecule has 0 aromatic heterocycles. The van der Waals surface area contributed by atoms with Gasteiger partial charge in [-0.2, -0.15) is 4.31 Å². The third kappa shape index (κ3) is 4.37. The molecular formula is C19H20F2N2O4S. The molecule has 1 fully saturated rings. The Labute approximate surface area is 162 Å². The molecule has 28 heavy (non-hydrogen) atoms. The second-order valence-electron chi connectivity index (χ2n) is 6.30. The van der Waals surface area contributed by atoms with E-state index in [1.807, 2.05) is 6.92 Å². The summed E-state index contributed by atoms with van der Waals surface area (Å²) >= 11 is 0. The van der Waals surface area contributed by atoms with Crippen LogP contribution in [0.25, 0.3) is 0 Å². The first kappa shape index (κ1) is 20.4. The van der Waals surface area contributed by atoms with E-state index in [0.29, 0.717) is 31.3 Å². The highest BCUT2D eigenvalue weighted by molar-refractivity contribution is 7.89. The van der Waals surface area contributed by atoms with E-state index in [0.717, 1.165) is 12.1 Å². The summed E-state index contributed by atoms with van der Waals surface area (Å²) in [6, 6.07) is 7.02. The third-order valence-corrected chi connectivity index (χ3v) is 6.40. The smallest absolute Gasteiger partial charge is 0.255 e. The summed E-state index contributed by atoms with van der Waals surface area (Å²) in [5.41, 5.74) is 0.605. The van der Waals surface area contributed by atoms with Crippen LogP contribution in [0.3, 0.4) is 0 Å². The number of ether oxygens (including phenoxy) is 1. The number of amides is 1. The van der Waals surface area contributed by atoms with Gasteiger partial charge in [0.1, 0.15) is 11.6 Å². The van der Waals surface area contributed by atoms with Crippen molar-refractivity contribution in [3.8, 4) is 0 Å². The van der Waals surface area contributed by atoms with Crippen LogP contribution in [0, 0.1) is 11.6 Å². The van der Waals surface area contributed by atoms with Crippen LogP contribution < -0.4 is 5.32 Å². The Kier molecular flexibility index (Phi) is 6.07. The molecule has 0 radical (unpaired) electrons. The molecule has 0 atom stereocenters. The number of hydrogen-bond donors (Lipinski definition) is 1. The van der Waals surface area contributed by atoms with Crippen molar-refractivity contribution in [1.82, 2.24) is 4.31 Å². The lowest BCUT2D eigenvalue weighted by molar-refractivity contribution is 0.0730. The lowest BCUT2D eigenvalue weighted by Crippen LogP contribution is -2.41. The number of nitrogens with zero attached hydrogens (tertiary/aromatic N) is 1. The summed E-state index contributed by atoms with van der Waals surface area (Å²) in [5, 5.41) is 2.39. The zero-order valence-corrected chi connectivity index (χ0v) is 16.1. The molecule has 2 aromatic carbocycles. The van der Waals surface area contributed by atoms with Crippen LogP contribution in [0.4, 0.5) is 14.5 Å². The van der Waals surface area contributed by atoms with Gasteiger partial charge in [0.15, 0.2) is 0 Å². The van der Waals surface area contributed by atoms with E-state index in [4.69, 9.17) is 4.74 Å². The second kappa shape index (κ2) is 8.34. The Bertz CT molecular complexity index is 969. The maximum atomic E-state index is 13.3. The monoisotopic (exact) mass is 410 g/mol. The minimum Gasteiger partial charge on any atom is -0.379 e. The van der Waals surface area contributed by atoms with E-state index in [-0.39, 0.29) is 29.2 Å². The molecule has 6 nitrogen and oxygen atoms in total. The summed E-state index contributed by atoms with van der Waals surface area (Å²) in [6.45, 7) is 2.93. The normalized spacial score (nSPS) is 15.4. The van der Waals surface area contributed by atoms with Gasteiger partial charge in [-0.1, -0.05) is 13.0 Å². The first-order valence-electron chi connectivity index (χ1n) is 8.79. The molecule has 0 aliphatic carbocycles. The van der Waals surface area contributed by atoms with Crippen LogP contribution in [0.2, 0.25) is 0 Å². The number of aryl methyl sites for hydroxylation is 1. The zero-order chi connectivity index (χ0) is 20.3. The summed E-state index contributed by atoms with van der Waals surface area (Å²) < 4.78 is 59.2. The molecule has 1 aliphatic heterocycles. The van der Waals surface area contributed by atoms with E-state index in [1.54, 1.807) is 6.07 Å². The quantitative estimate of drug-likeness (QED) is 0.823. The van der Waals surface area contributed by atoms with Crippen molar-refractivity contribution in [3.63, 3.8) is 0 Å². The first-order valence-corrected chi connectivity index (χ1v) is 10.2. The van der Waals surface area contributed by atoms with Crippen LogP contribution in [-0.4, -0.2) is 44.9 Å². The van der Waals surface area contributed by atoms with Crippen LogP contribution in [0.15, 0.2) is 41.3 Å². The third-order valence-electron chi connectivity index (χ3n) is 4.42. The van der Waals surface area contributed by atoms with Crippen LogP contribution in [-0.2, 0) is 21.2 Å². The van der Waals surface area contributed by atoms with Gasteiger partial charge in [-0.15, -0.1) is 0 Å². The Morgan fingerprint density at radius 2 is 1.75 bits per heavy atom. The van der Waals surface area contributed by atoms with Gasteiger partial charge in [0.25, 0.3) is 5.91 Å². The van der Waals surface area contributed by atoms with Crippen molar-refractivity contribution in [3.05, 3.63) is 59.2 Å². The topological polar surface area (TPSA) is 75.7 Å². The molecule has 0 bridgehead atoms. The van der Waals surface area contributed by atoms with Crippen LogP contribution in [0.5, 0.6) is 0 Å². The van der Waals surface area contributed by atoms with Gasteiger partial charge in [-0.05, 0) is 36.2 Å². The van der Waals surface area contributed by atoms with Crippen molar-refractivity contribution in [2.75, 3.05) is 31.6 Å². The van der Waals surface area contributed by atoms with E-state index >= 15 is 0 Å². The number of morpholine rings is 1. The van der Waals surface area contributed by atoms with Crippen molar-refractivity contribution in [2.45, 2.75) is 18.2 Å². The lowest BCUT2D eigenvalue weighted by atomic mass is 10.1. The molecule has 1 saturated heterocycles. The highest BCUT2D eigenvalue weighted by Gasteiger charge is 2.29. The molecule has 0 unspecified atom stereocenters. The number of carbonyl (C=O) groups excluding carboxylic acids is 1. The molecule has 1 aliphatic rings. The summed E-state index contributed by atoms with van der Waals surface area (Å²) in [4.78, 5) is 12.6. The predicted octanol–water partition coefficient (Wildman–Crippen LogP) is 2.80. The maximum absolute atomic E-state index is 13.3. The number of anilines is 1. The summed E-state index contributed by atoms with van der Waals surface area (Å²) in [5.74, 6) is -2.31. The van der Waals surface area contributed by atoms with Gasteiger partial charge in [-0.25, -0.2) is 17.2 Å². The molecule has 9 heteroatoms. The van der Waals surface area contributed by atoms with Crippen molar-refractivity contribution >= 4 is 21.6 Å². The van der Waals surface area contributed by atoms with Gasteiger partial charge in [0.05, 0.1) is 18.1 Å². The fourth-order valence-electron chi connectivity index (χ4n) is 2.98. The fourth-order valence-corrected chi connectivity index (χ4v) is 4.71. The number of rotatable bonds is 5. The van der Waals surface area contributed by atoms with Gasteiger partial charge >= 0.3 is 0 Å². The number of halogens is 2. The second-order valence-corrected chi connectivity index (χ2v) is 8.21. The van der Waals surface area contributed by atoms with Crippen LogP contribution >= 0.6 is 0 Å². The molecule has 2 aromatic rings. The highest BCUT2D eigenvalue weighted by Crippen LogP contribution is 2.24. The number of sulfonamides is 1. The molecule has 1 heterocycles. The molecule has 0 spiro atoms. The Morgan fingerprint density at radius 3 is 2.36 bits per heavy atom. The standard InChI is InChI=1S/C19H20F2N2O4S/c1-2-13-3-4-14(19(24)22-17-11-15(20)10-16(21)12-17)9-18(13)28(25,26)23-5-7-27-8-6-23/h3-4,9-12H,2,5-8H2,1H3,(H,22,24). The van der Waals surface area contributed by atoms with Gasteiger partial charge < -0.3 is 10.1 Å². The zero-order valence-electron chi connectivity index (χ0n) is 15.2. The number of benzene rings is 2. The van der Waals surface area contributed by atoms with Crippen molar-refractivity contribution in [2.24, 2.45) is 0 Å². The largest absolute Gasteiger partial charge is 0.379 e. The highest BCUT2D eigenvalue weighted by atomic mass is 32.2. The Hall–Kier alpha value is -2.36. The van der Waals surface area contributed by atoms with Crippen LogP contribution in [0.1, 0.15) is 22.8 Å². The van der Waals surface area contributed by atoms with Gasteiger partial charge in [0.2, 0.25) is 10.0 Å². The van der Waals surface area contributed by atoms with E-state index < -0.39 is 27.6 Å². The minimum atomic E-state index is -3.79. The molecule has 1 N–H and O–H groups in total. The van der Waals surface area contributed by atoms with E-state index in [1.165, 1.54) is 16.4 Å². The fraction of sp³-hybridized carbons (Fsp3) is 0.316. The molecule has 3 rings (SSSR count). The molecule has 1 amide bonds. The average Bonchev–Trinajstić information content (AvgIpc) is 2.67. The lowest BCUT2D eigenvalue weighted by Gasteiger charge is -2.27. The van der Waals surface area contributed by atoms with Crippen molar-refractivity contribution < 1.29 is 26.7 Å². The first-order chi connectivity index (χ1) is 13.3.